The highest BCUT2D eigenvalue weighted by molar-refractivity contribution is 6.11. The third-order valence-electron chi connectivity index (χ3n) is 5.28. The van der Waals surface area contributed by atoms with Crippen molar-refractivity contribution < 1.29 is 0 Å². The maximum Gasteiger partial charge on any atom is 0.113 e. The molecule has 0 atom stereocenters. The highest BCUT2D eigenvalue weighted by Gasteiger charge is 2.16. The maximum absolute atomic E-state index is 4.72. The summed E-state index contributed by atoms with van der Waals surface area (Å²) < 4.78 is 2.42. The average molecular weight is 363 g/mol. The Bertz CT molecular complexity index is 1220. The van der Waals surface area contributed by atoms with E-state index in [1.165, 1.54) is 27.4 Å². The molecule has 0 fully saturated rings. The van der Waals surface area contributed by atoms with Crippen LogP contribution in [0.15, 0.2) is 91.3 Å². The summed E-state index contributed by atoms with van der Waals surface area (Å²) in [5.41, 5.74) is 5.69. The molecule has 0 N–H and O–H groups in total. The summed E-state index contributed by atoms with van der Waals surface area (Å²) in [5.74, 6) is 0. The topological polar surface area (TPSA) is 30.7 Å². The Labute approximate surface area is 164 Å². The van der Waals surface area contributed by atoms with Crippen molar-refractivity contribution in [1.82, 2.24) is 14.5 Å². The van der Waals surface area contributed by atoms with Gasteiger partial charge in [-0.25, -0.2) is 0 Å². The van der Waals surface area contributed by atoms with Crippen LogP contribution in [0.25, 0.3) is 33.2 Å². The van der Waals surface area contributed by atoms with Gasteiger partial charge < -0.3 is 4.57 Å². The zero-order valence-electron chi connectivity index (χ0n) is 15.6. The van der Waals surface area contributed by atoms with Crippen LogP contribution in [0.4, 0.5) is 0 Å². The zero-order valence-corrected chi connectivity index (χ0v) is 15.6. The summed E-state index contributed by atoms with van der Waals surface area (Å²) in [4.78, 5) is 9.28. The molecule has 3 nitrogen and oxygen atoms in total. The first-order valence-electron chi connectivity index (χ1n) is 9.73. The van der Waals surface area contributed by atoms with Crippen LogP contribution in [-0.2, 0) is 13.0 Å². The number of rotatable bonds is 5. The monoisotopic (exact) mass is 363 g/mol. The number of aromatic nitrogens is 3. The van der Waals surface area contributed by atoms with E-state index >= 15 is 0 Å². The molecule has 28 heavy (non-hydrogen) atoms. The number of benzene rings is 2. The number of para-hydroxylation sites is 1. The third kappa shape index (κ3) is 2.95. The SMILES string of the molecule is c1ccc(CCCn2c3ccccc3c3ccnc(-c4ccccn4)c32)cc1. The lowest BCUT2D eigenvalue weighted by atomic mass is 10.1. The predicted octanol–water partition coefficient (Wildman–Crippen LogP) is 5.88. The van der Waals surface area contributed by atoms with Crippen LogP contribution >= 0.6 is 0 Å². The zero-order chi connectivity index (χ0) is 18.8. The van der Waals surface area contributed by atoms with Gasteiger partial charge >= 0.3 is 0 Å². The lowest BCUT2D eigenvalue weighted by Gasteiger charge is -2.10. The molecule has 2 aromatic carbocycles. The largest absolute Gasteiger partial charge is 0.339 e. The molecule has 0 aliphatic heterocycles. The van der Waals surface area contributed by atoms with Crippen molar-refractivity contribution in [3.05, 3.63) is 96.8 Å². The van der Waals surface area contributed by atoms with Crippen molar-refractivity contribution in [2.24, 2.45) is 0 Å². The second-order valence-corrected chi connectivity index (χ2v) is 7.03. The molecule has 0 saturated carbocycles. The maximum atomic E-state index is 4.72. The Morgan fingerprint density at radius 1 is 0.679 bits per heavy atom. The molecular weight excluding hydrogens is 342 g/mol. The molecule has 0 spiro atoms. The second-order valence-electron chi connectivity index (χ2n) is 7.03. The van der Waals surface area contributed by atoms with E-state index in [0.717, 1.165) is 30.8 Å². The van der Waals surface area contributed by atoms with Gasteiger partial charge in [0.25, 0.3) is 0 Å². The van der Waals surface area contributed by atoms with Crippen LogP contribution in [0, 0.1) is 0 Å². The molecular formula is C25H21N3. The lowest BCUT2D eigenvalue weighted by molar-refractivity contribution is 0.677. The third-order valence-corrected chi connectivity index (χ3v) is 5.28. The van der Waals surface area contributed by atoms with Crippen molar-refractivity contribution in [2.75, 3.05) is 0 Å². The minimum atomic E-state index is 0.917. The minimum Gasteiger partial charge on any atom is -0.339 e. The first-order chi connectivity index (χ1) is 13.9. The smallest absolute Gasteiger partial charge is 0.113 e. The fourth-order valence-corrected chi connectivity index (χ4v) is 4.01. The first-order valence-corrected chi connectivity index (χ1v) is 9.73. The van der Waals surface area contributed by atoms with Crippen molar-refractivity contribution in [3.63, 3.8) is 0 Å². The molecule has 3 heteroatoms. The Hall–Kier alpha value is -3.46. The molecule has 0 saturated heterocycles. The summed E-state index contributed by atoms with van der Waals surface area (Å²) in [6.07, 6.45) is 5.87. The normalized spacial score (nSPS) is 11.3. The van der Waals surface area contributed by atoms with E-state index in [4.69, 9.17) is 4.98 Å². The van der Waals surface area contributed by atoms with Gasteiger partial charge in [0.2, 0.25) is 0 Å². The quantitative estimate of drug-likeness (QED) is 0.390. The molecule has 0 radical (unpaired) electrons. The summed E-state index contributed by atoms with van der Waals surface area (Å²) in [6.45, 7) is 0.949. The molecule has 0 bridgehead atoms. The average Bonchev–Trinajstić information content (AvgIpc) is 3.09. The van der Waals surface area contributed by atoms with Crippen molar-refractivity contribution >= 4 is 21.8 Å². The number of hydrogen-bond acceptors (Lipinski definition) is 2. The fraction of sp³-hybridized carbons (Fsp3) is 0.120. The molecule has 0 aliphatic rings. The lowest BCUT2D eigenvalue weighted by Crippen LogP contribution is -2.01. The number of hydrogen-bond donors (Lipinski definition) is 0. The van der Waals surface area contributed by atoms with Crippen LogP contribution in [0.5, 0.6) is 0 Å². The number of pyridine rings is 2. The summed E-state index contributed by atoms with van der Waals surface area (Å²) in [7, 11) is 0. The predicted molar refractivity (Wildman–Crippen MR) is 115 cm³/mol. The number of fused-ring (bicyclic) bond motifs is 3. The Kier molecular flexibility index (Phi) is 4.34. The van der Waals surface area contributed by atoms with Gasteiger partial charge in [-0.05, 0) is 42.7 Å². The van der Waals surface area contributed by atoms with Gasteiger partial charge in [-0.2, -0.15) is 0 Å². The van der Waals surface area contributed by atoms with E-state index in [1.54, 1.807) is 0 Å². The van der Waals surface area contributed by atoms with E-state index in [9.17, 15) is 0 Å². The van der Waals surface area contributed by atoms with Gasteiger partial charge in [0.1, 0.15) is 5.69 Å². The van der Waals surface area contributed by atoms with Gasteiger partial charge in [0, 0.05) is 35.2 Å². The summed E-state index contributed by atoms with van der Waals surface area (Å²) >= 11 is 0. The molecule has 5 rings (SSSR count). The Morgan fingerprint density at radius 2 is 1.50 bits per heavy atom. The van der Waals surface area contributed by atoms with Gasteiger partial charge in [-0.1, -0.05) is 54.6 Å². The van der Waals surface area contributed by atoms with Crippen LogP contribution in [0.1, 0.15) is 12.0 Å². The molecule has 5 aromatic rings. The van der Waals surface area contributed by atoms with Crippen molar-refractivity contribution in [2.45, 2.75) is 19.4 Å². The highest BCUT2D eigenvalue weighted by Crippen LogP contribution is 2.34. The first kappa shape index (κ1) is 16.7. The van der Waals surface area contributed by atoms with Gasteiger partial charge in [-0.3, -0.25) is 9.97 Å². The van der Waals surface area contributed by atoms with E-state index < -0.39 is 0 Å². The van der Waals surface area contributed by atoms with Crippen LogP contribution in [0.3, 0.4) is 0 Å². The molecule has 136 valence electrons. The molecule has 0 aliphatic carbocycles. The standard InChI is InChI=1S/C25H21N3/c1-2-9-19(10-3-1)11-8-18-28-23-14-5-4-12-20(23)21-15-17-27-24(25(21)28)22-13-6-7-16-26-22/h1-7,9-10,12-17H,8,11,18H2. The Morgan fingerprint density at radius 3 is 2.36 bits per heavy atom. The van der Waals surface area contributed by atoms with E-state index in [-0.39, 0.29) is 0 Å². The van der Waals surface area contributed by atoms with E-state index in [0.29, 0.717) is 0 Å². The molecule has 0 amide bonds. The highest BCUT2D eigenvalue weighted by atomic mass is 15.0. The second kappa shape index (κ2) is 7.28. The van der Waals surface area contributed by atoms with Gasteiger partial charge in [-0.15, -0.1) is 0 Å². The number of aryl methyl sites for hydroxylation is 2. The van der Waals surface area contributed by atoms with E-state index in [2.05, 4.69) is 70.2 Å². The van der Waals surface area contributed by atoms with Crippen LogP contribution in [0.2, 0.25) is 0 Å². The summed E-state index contributed by atoms with van der Waals surface area (Å²) in [5, 5.41) is 2.52. The van der Waals surface area contributed by atoms with Crippen LogP contribution in [-0.4, -0.2) is 14.5 Å². The van der Waals surface area contributed by atoms with E-state index in [1.807, 2.05) is 30.6 Å². The molecule has 3 heterocycles. The fourth-order valence-electron chi connectivity index (χ4n) is 4.01. The Balaban J connectivity index is 1.63. The molecule has 0 unspecified atom stereocenters. The van der Waals surface area contributed by atoms with Gasteiger partial charge in [0.15, 0.2) is 0 Å². The minimum absolute atomic E-state index is 0.917. The van der Waals surface area contributed by atoms with Crippen molar-refractivity contribution in [1.29, 1.82) is 0 Å². The number of nitrogens with zero attached hydrogens (tertiary/aromatic N) is 3. The van der Waals surface area contributed by atoms with Crippen LogP contribution < -0.4 is 0 Å². The molecule has 3 aromatic heterocycles. The van der Waals surface area contributed by atoms with Gasteiger partial charge in [0.05, 0.1) is 11.2 Å². The van der Waals surface area contributed by atoms with Crippen molar-refractivity contribution in [3.8, 4) is 11.4 Å². The summed E-state index contributed by atoms with van der Waals surface area (Å²) in [6, 6.07) is 27.4.